The summed E-state index contributed by atoms with van der Waals surface area (Å²) in [5.41, 5.74) is 0.0940. The van der Waals surface area contributed by atoms with Crippen molar-refractivity contribution < 1.29 is 4.79 Å². The maximum absolute atomic E-state index is 12.4. The lowest BCUT2D eigenvalue weighted by Gasteiger charge is -2.43. The van der Waals surface area contributed by atoms with Crippen molar-refractivity contribution in [3.05, 3.63) is 5.82 Å². The summed E-state index contributed by atoms with van der Waals surface area (Å²) in [6.45, 7) is 9.10. The van der Waals surface area contributed by atoms with Crippen LogP contribution >= 0.6 is 0 Å². The zero-order valence-electron chi connectivity index (χ0n) is 12.5. The number of carbonyl (C=O) groups excluding carboxylic acids is 1. The van der Waals surface area contributed by atoms with Crippen LogP contribution in [0.2, 0.25) is 0 Å². The molecule has 1 atom stereocenters. The highest BCUT2D eigenvalue weighted by molar-refractivity contribution is 5.76. The van der Waals surface area contributed by atoms with Crippen molar-refractivity contribution in [2.24, 2.45) is 5.41 Å². The lowest BCUT2D eigenvalue weighted by molar-refractivity contribution is -0.137. The molecule has 112 valence electrons. The highest BCUT2D eigenvalue weighted by Crippen LogP contribution is 2.26. The van der Waals surface area contributed by atoms with Gasteiger partial charge >= 0.3 is 0 Å². The van der Waals surface area contributed by atoms with Gasteiger partial charge in [-0.2, -0.15) is 5.21 Å². The predicted molar refractivity (Wildman–Crippen MR) is 74.9 cm³/mol. The molecule has 2 rings (SSSR count). The van der Waals surface area contributed by atoms with Gasteiger partial charge in [0.05, 0.1) is 0 Å². The van der Waals surface area contributed by atoms with E-state index in [9.17, 15) is 4.79 Å². The minimum absolute atomic E-state index is 0.0940. The summed E-state index contributed by atoms with van der Waals surface area (Å²) in [4.78, 5) is 14.5. The Morgan fingerprint density at radius 2 is 2.25 bits per heavy atom. The molecule has 1 saturated heterocycles. The van der Waals surface area contributed by atoms with Crippen LogP contribution in [0.15, 0.2) is 0 Å². The van der Waals surface area contributed by atoms with Gasteiger partial charge in [-0.3, -0.25) is 4.79 Å². The Labute approximate surface area is 119 Å². The smallest absolute Gasteiger partial charge is 0.222 e. The molecule has 0 aromatic carbocycles. The number of hydrogen-bond acceptors (Lipinski definition) is 5. The maximum atomic E-state index is 12.4. The van der Waals surface area contributed by atoms with Crippen molar-refractivity contribution in [1.29, 1.82) is 0 Å². The Morgan fingerprint density at radius 1 is 1.45 bits per heavy atom. The maximum Gasteiger partial charge on any atom is 0.222 e. The molecule has 0 spiro atoms. The van der Waals surface area contributed by atoms with Gasteiger partial charge in [0.2, 0.25) is 5.91 Å². The minimum Gasteiger partial charge on any atom is -0.337 e. The first-order valence-electron chi connectivity index (χ1n) is 7.21. The SMILES string of the molecule is CC(C)(C)C1CNCCN1C(=O)CCCc1nn[nH]n1. The average Bonchev–Trinajstić information content (AvgIpc) is 2.91. The largest absolute Gasteiger partial charge is 0.337 e. The van der Waals surface area contributed by atoms with E-state index in [-0.39, 0.29) is 17.4 Å². The van der Waals surface area contributed by atoms with Gasteiger partial charge < -0.3 is 10.2 Å². The first-order valence-corrected chi connectivity index (χ1v) is 7.21. The van der Waals surface area contributed by atoms with Crippen molar-refractivity contribution in [3.63, 3.8) is 0 Å². The number of aryl methyl sites for hydroxylation is 1. The number of rotatable bonds is 4. The van der Waals surface area contributed by atoms with Crippen LogP contribution in [0.4, 0.5) is 0 Å². The number of aromatic nitrogens is 4. The Bertz CT molecular complexity index is 425. The molecule has 0 saturated carbocycles. The molecular formula is C13H24N6O. The molecule has 20 heavy (non-hydrogen) atoms. The molecule has 0 aliphatic carbocycles. The number of nitrogens with zero attached hydrogens (tertiary/aromatic N) is 4. The fourth-order valence-electron chi connectivity index (χ4n) is 2.61. The van der Waals surface area contributed by atoms with Crippen molar-refractivity contribution >= 4 is 5.91 Å². The number of hydrogen-bond donors (Lipinski definition) is 2. The fourth-order valence-corrected chi connectivity index (χ4v) is 2.61. The topological polar surface area (TPSA) is 86.8 Å². The number of carbonyl (C=O) groups is 1. The normalized spacial score (nSPS) is 20.1. The molecule has 2 N–H and O–H groups in total. The highest BCUT2D eigenvalue weighted by Gasteiger charge is 2.34. The second-order valence-electron chi connectivity index (χ2n) is 6.35. The molecule has 7 nitrogen and oxygen atoms in total. The van der Waals surface area contributed by atoms with Crippen LogP contribution in [0.1, 0.15) is 39.4 Å². The van der Waals surface area contributed by atoms with E-state index in [0.29, 0.717) is 18.7 Å². The molecule has 2 heterocycles. The fraction of sp³-hybridized carbons (Fsp3) is 0.846. The van der Waals surface area contributed by atoms with Crippen molar-refractivity contribution in [2.45, 2.75) is 46.1 Å². The molecule has 1 amide bonds. The van der Waals surface area contributed by atoms with E-state index >= 15 is 0 Å². The number of piperazine rings is 1. The summed E-state index contributed by atoms with van der Waals surface area (Å²) in [6, 6.07) is 0.258. The summed E-state index contributed by atoms with van der Waals surface area (Å²) < 4.78 is 0. The van der Waals surface area contributed by atoms with Gasteiger partial charge in [0.1, 0.15) is 0 Å². The van der Waals surface area contributed by atoms with E-state index in [1.165, 1.54) is 0 Å². The zero-order chi connectivity index (χ0) is 14.6. The second-order valence-corrected chi connectivity index (χ2v) is 6.35. The molecule has 1 aromatic rings. The number of aromatic amines is 1. The van der Waals surface area contributed by atoms with E-state index in [0.717, 1.165) is 26.1 Å². The molecule has 1 aromatic heterocycles. The van der Waals surface area contributed by atoms with Gasteiger partial charge in [-0.1, -0.05) is 26.0 Å². The van der Waals surface area contributed by atoms with Crippen LogP contribution in [-0.2, 0) is 11.2 Å². The molecule has 1 aliphatic rings. The zero-order valence-corrected chi connectivity index (χ0v) is 12.5. The van der Waals surface area contributed by atoms with Crippen LogP contribution in [-0.4, -0.2) is 57.1 Å². The van der Waals surface area contributed by atoms with Crippen molar-refractivity contribution in [1.82, 2.24) is 30.8 Å². The van der Waals surface area contributed by atoms with E-state index in [4.69, 9.17) is 0 Å². The monoisotopic (exact) mass is 280 g/mol. The van der Waals surface area contributed by atoms with E-state index in [2.05, 4.69) is 46.7 Å². The molecule has 7 heteroatoms. The quantitative estimate of drug-likeness (QED) is 0.832. The number of nitrogens with one attached hydrogen (secondary N) is 2. The predicted octanol–water partition coefficient (Wildman–Crippen LogP) is 0.369. The highest BCUT2D eigenvalue weighted by atomic mass is 16.2. The van der Waals surface area contributed by atoms with Crippen LogP contribution in [0, 0.1) is 5.41 Å². The molecule has 1 aliphatic heterocycles. The lowest BCUT2D eigenvalue weighted by Crippen LogP contribution is -2.58. The first kappa shape index (κ1) is 14.9. The Hall–Kier alpha value is -1.50. The molecular weight excluding hydrogens is 256 g/mol. The second kappa shape index (κ2) is 6.30. The summed E-state index contributed by atoms with van der Waals surface area (Å²) in [7, 11) is 0. The summed E-state index contributed by atoms with van der Waals surface area (Å²) in [6.07, 6.45) is 1.99. The van der Waals surface area contributed by atoms with E-state index in [1.807, 2.05) is 4.90 Å². The van der Waals surface area contributed by atoms with Crippen LogP contribution in [0.3, 0.4) is 0 Å². The third kappa shape index (κ3) is 3.75. The van der Waals surface area contributed by atoms with E-state index in [1.54, 1.807) is 0 Å². The summed E-state index contributed by atoms with van der Waals surface area (Å²) in [5, 5.41) is 17.1. The Kier molecular flexibility index (Phi) is 4.69. The third-order valence-electron chi connectivity index (χ3n) is 3.74. The van der Waals surface area contributed by atoms with Gasteiger partial charge in [-0.25, -0.2) is 0 Å². The van der Waals surface area contributed by atoms with Crippen LogP contribution in [0.25, 0.3) is 0 Å². The summed E-state index contributed by atoms with van der Waals surface area (Å²) in [5.74, 6) is 0.903. The molecule has 1 fully saturated rings. The van der Waals surface area contributed by atoms with Gasteiger partial charge in [-0.05, 0) is 11.8 Å². The Balaban J connectivity index is 1.86. The van der Waals surface area contributed by atoms with Gasteiger partial charge in [-0.15, -0.1) is 10.2 Å². The lowest BCUT2D eigenvalue weighted by atomic mass is 9.84. The average molecular weight is 280 g/mol. The van der Waals surface area contributed by atoms with Gasteiger partial charge in [0.25, 0.3) is 0 Å². The number of amides is 1. The summed E-state index contributed by atoms with van der Waals surface area (Å²) >= 11 is 0. The number of tetrazole rings is 1. The van der Waals surface area contributed by atoms with Gasteiger partial charge in [0, 0.05) is 38.5 Å². The standard InChI is InChI=1S/C13H24N6O/c1-13(2,3)10-9-14-7-8-19(10)12(20)6-4-5-11-15-17-18-16-11/h10,14H,4-9H2,1-3H3,(H,15,16,17,18). The van der Waals surface area contributed by atoms with Crippen LogP contribution in [0.5, 0.6) is 0 Å². The minimum atomic E-state index is 0.0940. The van der Waals surface area contributed by atoms with E-state index < -0.39 is 0 Å². The first-order chi connectivity index (χ1) is 9.48. The van der Waals surface area contributed by atoms with Crippen molar-refractivity contribution in [3.8, 4) is 0 Å². The van der Waals surface area contributed by atoms with Crippen LogP contribution < -0.4 is 5.32 Å². The third-order valence-corrected chi connectivity index (χ3v) is 3.74. The molecule has 0 radical (unpaired) electrons. The molecule has 1 unspecified atom stereocenters. The van der Waals surface area contributed by atoms with Gasteiger partial charge in [0.15, 0.2) is 5.82 Å². The number of H-pyrrole nitrogens is 1. The molecule has 0 bridgehead atoms. The van der Waals surface area contributed by atoms with Crippen molar-refractivity contribution in [2.75, 3.05) is 19.6 Å². The Morgan fingerprint density at radius 3 is 2.90 bits per heavy atom.